The van der Waals surface area contributed by atoms with Crippen LogP contribution in [0.2, 0.25) is 20.1 Å². The molecule has 2 aliphatic heterocycles. The Labute approximate surface area is 598 Å². The van der Waals surface area contributed by atoms with E-state index in [1.54, 1.807) is 57.2 Å². The predicted octanol–water partition coefficient (Wildman–Crippen LogP) is 11.5. The molecule has 0 bridgehead atoms. The van der Waals surface area contributed by atoms with Crippen molar-refractivity contribution in [1.29, 1.82) is 0 Å². The van der Waals surface area contributed by atoms with Crippen molar-refractivity contribution in [2.45, 2.75) is 152 Å². The van der Waals surface area contributed by atoms with Crippen molar-refractivity contribution < 1.29 is 77.0 Å². The summed E-state index contributed by atoms with van der Waals surface area (Å²) in [7, 11) is 2.86. The maximum atomic E-state index is 13.5. The summed E-state index contributed by atoms with van der Waals surface area (Å²) >= 11 is 32.4. The predicted molar refractivity (Wildman–Crippen MR) is 374 cm³/mol. The minimum absolute atomic E-state index is 0.0139. The Balaban J connectivity index is 0.000000347. The lowest BCUT2D eigenvalue weighted by molar-refractivity contribution is -0.177. The standard InChI is InChI=1S/2C35H43BrCl2N2O8/c1-19(2)14-28-35(45)47-27(21(4)31(42)30(36)23-10-7-6-8-11-23)12-9-13-29(41)40-26(33(43)39-18-20(3)34(44)48-28)17-22-15-24(37)32(46-5)25(38)16-22;1-19(2)14-28-35(45)47-27(21(4)30(36)31(42)23-10-7-6-8-11-23)12-9-13-29(41)40-26(33(43)39-18-20(3)34(44)48-28)17-22-15-24(37)32(46-5)25(38)16-22/h2*6-11,13,15-16,19-21,26-28,30-31,42H,12,14,17-18H2,1-5H3,(H,39,43)(H,40,41)/b2*13-9+/t20-,21+,26-,27+,28+,30?,31+;20-,21+,26-,27+,28+,30?,31-/m11/s1. The molecule has 2 unspecified atom stereocenters. The van der Waals surface area contributed by atoms with Crippen molar-refractivity contribution >= 4 is 126 Å². The molecule has 0 spiro atoms. The van der Waals surface area contributed by atoms with Gasteiger partial charge in [0.1, 0.15) is 24.3 Å². The van der Waals surface area contributed by atoms with Crippen molar-refractivity contribution in [2.24, 2.45) is 35.5 Å². The number of benzene rings is 4. The maximum Gasteiger partial charge on any atom is 0.347 e. The number of nitrogens with one attached hydrogen (secondary N) is 4. The van der Waals surface area contributed by atoms with Crippen LogP contribution in [0.3, 0.4) is 0 Å². The van der Waals surface area contributed by atoms with Gasteiger partial charge in [-0.3, -0.25) is 28.8 Å². The van der Waals surface area contributed by atoms with E-state index < -0.39 is 130 Å². The third-order valence-corrected chi connectivity index (χ3v) is 19.5. The molecular formula is C70H86Br2Cl4N4O16. The van der Waals surface area contributed by atoms with E-state index in [4.69, 9.17) is 74.8 Å². The lowest BCUT2D eigenvalue weighted by atomic mass is 9.91. The minimum atomic E-state index is -1.21. The number of hydrogen-bond acceptors (Lipinski definition) is 16. The molecule has 6 N–H and O–H groups in total. The molecule has 4 amide bonds. The Morgan fingerprint density at radius 2 is 0.896 bits per heavy atom. The minimum Gasteiger partial charge on any atom is -0.494 e. The van der Waals surface area contributed by atoms with Gasteiger partial charge in [0, 0.05) is 50.6 Å². The second kappa shape index (κ2) is 39.4. The van der Waals surface area contributed by atoms with Crippen molar-refractivity contribution in [3.05, 3.63) is 152 Å². The molecule has 524 valence electrons. The van der Waals surface area contributed by atoms with Crippen LogP contribution in [-0.4, -0.2) is 132 Å². The average Bonchev–Trinajstić information content (AvgIpc) is 0.929. The van der Waals surface area contributed by atoms with E-state index in [1.165, 1.54) is 38.5 Å². The number of hydrogen-bond donors (Lipinski definition) is 6. The monoisotopic (exact) mass is 1540 g/mol. The highest BCUT2D eigenvalue weighted by atomic mass is 79.9. The van der Waals surface area contributed by atoms with Crippen molar-refractivity contribution in [3.63, 3.8) is 0 Å². The zero-order chi connectivity index (χ0) is 71.1. The van der Waals surface area contributed by atoms with Gasteiger partial charge in [-0.15, -0.1) is 0 Å². The number of halogens is 6. The number of carbonyl (C=O) groups excluding carboxylic acids is 8. The van der Waals surface area contributed by atoms with Crippen LogP contribution in [0, 0.1) is 35.5 Å². The Morgan fingerprint density at radius 1 is 0.531 bits per heavy atom. The zero-order valence-corrected chi connectivity index (χ0v) is 61.4. The molecule has 0 saturated carbocycles. The number of aliphatic hydroxyl groups excluding tert-OH is 2. The van der Waals surface area contributed by atoms with E-state index in [-0.39, 0.29) is 95.0 Å². The normalized spacial score (nSPS) is 24.0. The molecule has 14 atom stereocenters. The van der Waals surface area contributed by atoms with Gasteiger partial charge in [0.05, 0.1) is 68.0 Å². The van der Waals surface area contributed by atoms with Gasteiger partial charge in [-0.05, 0) is 83.3 Å². The van der Waals surface area contributed by atoms with E-state index in [9.17, 15) is 48.6 Å². The zero-order valence-electron chi connectivity index (χ0n) is 55.2. The summed E-state index contributed by atoms with van der Waals surface area (Å²) < 4.78 is 33.6. The Kier molecular flexibility index (Phi) is 33.0. The first kappa shape index (κ1) is 80.4. The molecule has 2 aliphatic rings. The highest BCUT2D eigenvalue weighted by Crippen LogP contribution is 2.38. The average molecular weight is 1540 g/mol. The van der Waals surface area contributed by atoms with Crippen LogP contribution >= 0.6 is 78.3 Å². The first-order valence-corrected chi connectivity index (χ1v) is 34.9. The topological polar surface area (TPSA) is 281 Å². The number of esters is 4. The molecule has 0 saturated heterocycles. The Morgan fingerprint density at radius 3 is 1.26 bits per heavy atom. The third-order valence-electron chi connectivity index (χ3n) is 15.9. The number of ether oxygens (including phenoxy) is 6. The van der Waals surface area contributed by atoms with Crippen LogP contribution in [0.5, 0.6) is 11.5 Å². The van der Waals surface area contributed by atoms with Gasteiger partial charge >= 0.3 is 23.9 Å². The molecule has 4 aromatic carbocycles. The van der Waals surface area contributed by atoms with Gasteiger partial charge < -0.3 is 59.9 Å². The van der Waals surface area contributed by atoms with E-state index in [0.717, 1.165) is 5.56 Å². The van der Waals surface area contributed by atoms with Crippen LogP contribution in [0.15, 0.2) is 109 Å². The number of methoxy groups -OCH3 is 2. The van der Waals surface area contributed by atoms with Gasteiger partial charge in [0.25, 0.3) is 0 Å². The molecule has 96 heavy (non-hydrogen) atoms. The first-order chi connectivity index (χ1) is 45.4. The van der Waals surface area contributed by atoms with E-state index >= 15 is 0 Å². The van der Waals surface area contributed by atoms with Crippen LogP contribution in [0.1, 0.15) is 114 Å². The number of aliphatic hydroxyl groups is 2. The van der Waals surface area contributed by atoms with E-state index in [1.807, 2.05) is 83.1 Å². The summed E-state index contributed by atoms with van der Waals surface area (Å²) in [5, 5.41) is 34.2. The van der Waals surface area contributed by atoms with Gasteiger partial charge in [0.2, 0.25) is 23.6 Å². The second-order valence-corrected chi connectivity index (χ2v) is 28.3. The molecule has 0 radical (unpaired) electrons. The molecule has 4 aromatic rings. The van der Waals surface area contributed by atoms with E-state index in [0.29, 0.717) is 16.7 Å². The molecule has 2 heterocycles. The van der Waals surface area contributed by atoms with Gasteiger partial charge in [-0.2, -0.15) is 0 Å². The summed E-state index contributed by atoms with van der Waals surface area (Å²) in [6.45, 7) is 14.0. The number of cyclic esters (lactones) is 4. The third kappa shape index (κ3) is 24.6. The highest BCUT2D eigenvalue weighted by molar-refractivity contribution is 9.09. The number of carbonyl (C=O) groups is 8. The number of alkyl halides is 2. The second-order valence-electron chi connectivity index (χ2n) is 24.7. The lowest BCUT2D eigenvalue weighted by Crippen LogP contribution is -2.49. The fourth-order valence-corrected chi connectivity index (χ4v) is 13.1. The van der Waals surface area contributed by atoms with Gasteiger partial charge in [0.15, 0.2) is 23.7 Å². The summed E-state index contributed by atoms with van der Waals surface area (Å²) in [5.41, 5.74) is 2.63. The largest absolute Gasteiger partial charge is 0.494 e. The summed E-state index contributed by atoms with van der Waals surface area (Å²) in [4.78, 5) is 105. The molecule has 0 aliphatic carbocycles. The molecule has 0 aromatic heterocycles. The Bertz CT molecular complexity index is 3090. The van der Waals surface area contributed by atoms with Crippen LogP contribution in [-0.2, 0) is 70.1 Å². The molecule has 20 nitrogen and oxygen atoms in total. The Hall–Kier alpha value is -6.24. The van der Waals surface area contributed by atoms with Crippen molar-refractivity contribution in [3.8, 4) is 11.5 Å². The van der Waals surface area contributed by atoms with Gasteiger partial charge in [-0.25, -0.2) is 9.59 Å². The SMILES string of the molecule is COc1c(Cl)cc(C[C@H]2NC(=O)/C=C/C[C@@H]([C@H](C)C(Br)[C@H](O)c3ccccc3)OC(=O)[C@H](CC(C)C)OC(=O)[C@H](C)CNC2=O)cc1Cl.COc1c(Cl)cc(C[C@H]2NC(=O)/C=C/C[C@@H]([C@H](C)[C@H](O)C(Br)c3ccccc3)OC(=O)[C@H](CC(C)C)OC(=O)[C@H](C)CNC2=O)cc1Cl. The highest BCUT2D eigenvalue weighted by Gasteiger charge is 2.38. The summed E-state index contributed by atoms with van der Waals surface area (Å²) in [6.07, 6.45) is 0.0818. The van der Waals surface area contributed by atoms with Crippen LogP contribution < -0.4 is 30.7 Å². The summed E-state index contributed by atoms with van der Waals surface area (Å²) in [6, 6.07) is 22.6. The lowest BCUT2D eigenvalue weighted by Gasteiger charge is -2.31. The maximum absolute atomic E-state index is 13.5. The fraction of sp³-hybridized carbons (Fsp3) is 0.486. The van der Waals surface area contributed by atoms with Crippen LogP contribution in [0.4, 0.5) is 0 Å². The number of amides is 4. The quantitative estimate of drug-likeness (QED) is 0.0307. The van der Waals surface area contributed by atoms with Crippen molar-refractivity contribution in [1.82, 2.24) is 21.3 Å². The molecule has 26 heteroatoms. The molecular weight excluding hydrogens is 1450 g/mol. The first-order valence-electron chi connectivity index (χ1n) is 31.5. The molecule has 6 rings (SSSR count). The smallest absolute Gasteiger partial charge is 0.347 e. The fourth-order valence-electron chi connectivity index (χ4n) is 10.3. The summed E-state index contributed by atoms with van der Waals surface area (Å²) in [5.74, 6) is -7.36. The van der Waals surface area contributed by atoms with E-state index in [2.05, 4.69) is 53.1 Å². The van der Waals surface area contributed by atoms with Crippen LogP contribution in [0.25, 0.3) is 0 Å². The number of rotatable bonds is 18. The van der Waals surface area contributed by atoms with Crippen molar-refractivity contribution in [2.75, 3.05) is 27.3 Å². The van der Waals surface area contributed by atoms with Gasteiger partial charge in [-0.1, -0.05) is 206 Å². The molecule has 0 fully saturated rings.